The zero-order valence-electron chi connectivity index (χ0n) is 13.4. The van der Waals surface area contributed by atoms with Gasteiger partial charge in [-0.1, -0.05) is 13.8 Å². The molecule has 2 rings (SSSR count). The summed E-state index contributed by atoms with van der Waals surface area (Å²) in [5.41, 5.74) is 0. The van der Waals surface area contributed by atoms with E-state index in [4.69, 9.17) is 0 Å². The van der Waals surface area contributed by atoms with Crippen LogP contribution < -0.4 is 5.32 Å². The molecule has 2 heterocycles. The second kappa shape index (κ2) is 7.78. The monoisotopic (exact) mass is 295 g/mol. The summed E-state index contributed by atoms with van der Waals surface area (Å²) in [4.78, 5) is 28.3. The number of hydrogen-bond donors (Lipinski definition) is 1. The van der Waals surface area contributed by atoms with Crippen LogP contribution >= 0.6 is 0 Å². The quantitative estimate of drug-likeness (QED) is 0.765. The van der Waals surface area contributed by atoms with Gasteiger partial charge >= 0.3 is 0 Å². The molecule has 2 aliphatic heterocycles. The lowest BCUT2D eigenvalue weighted by atomic mass is 10.0. The Morgan fingerprint density at radius 1 is 1.05 bits per heavy atom. The second-order valence-corrected chi connectivity index (χ2v) is 6.36. The second-order valence-electron chi connectivity index (χ2n) is 6.36. The molecule has 0 saturated carbocycles. The van der Waals surface area contributed by atoms with Crippen LogP contribution in [0.25, 0.3) is 0 Å². The largest absolute Gasteiger partial charge is 0.343 e. The maximum atomic E-state index is 12.3. The van der Waals surface area contributed by atoms with Gasteiger partial charge < -0.3 is 15.1 Å². The highest BCUT2D eigenvalue weighted by molar-refractivity contribution is 5.84. The maximum Gasteiger partial charge on any atom is 0.223 e. The summed E-state index contributed by atoms with van der Waals surface area (Å²) in [5.74, 6) is 1.54. The van der Waals surface area contributed by atoms with Crippen LogP contribution in [0.1, 0.15) is 39.5 Å². The number of nitrogens with one attached hydrogen (secondary N) is 1. The van der Waals surface area contributed by atoms with E-state index in [9.17, 15) is 9.59 Å². The van der Waals surface area contributed by atoms with Crippen LogP contribution in [0.15, 0.2) is 0 Å². The summed E-state index contributed by atoms with van der Waals surface area (Å²) in [5, 5.41) is 3.38. The van der Waals surface area contributed by atoms with E-state index < -0.39 is 0 Å². The van der Waals surface area contributed by atoms with Gasteiger partial charge in [0.05, 0.1) is 0 Å². The van der Waals surface area contributed by atoms with Crippen molar-refractivity contribution in [3.63, 3.8) is 0 Å². The Hall–Kier alpha value is -1.10. The third-order valence-electron chi connectivity index (χ3n) is 4.63. The Labute approximate surface area is 128 Å². The van der Waals surface area contributed by atoms with Gasteiger partial charge in [-0.3, -0.25) is 9.59 Å². The molecule has 0 aliphatic carbocycles. The highest BCUT2D eigenvalue weighted by atomic mass is 16.2. The summed E-state index contributed by atoms with van der Waals surface area (Å²) in [6.45, 7) is 9.59. The van der Waals surface area contributed by atoms with Crippen molar-refractivity contribution >= 4 is 11.8 Å². The molecule has 21 heavy (non-hydrogen) atoms. The third kappa shape index (κ3) is 4.19. The van der Waals surface area contributed by atoms with Crippen LogP contribution in [0.3, 0.4) is 0 Å². The van der Waals surface area contributed by atoms with Crippen molar-refractivity contribution in [2.24, 2.45) is 11.8 Å². The Morgan fingerprint density at radius 3 is 2.14 bits per heavy atom. The van der Waals surface area contributed by atoms with Crippen LogP contribution in [0, 0.1) is 11.8 Å². The van der Waals surface area contributed by atoms with Gasteiger partial charge in [0.1, 0.15) is 0 Å². The fourth-order valence-corrected chi connectivity index (χ4v) is 3.49. The molecule has 5 heteroatoms. The van der Waals surface area contributed by atoms with Crippen LogP contribution in [-0.2, 0) is 9.59 Å². The molecule has 0 spiro atoms. The van der Waals surface area contributed by atoms with E-state index >= 15 is 0 Å². The molecule has 0 radical (unpaired) electrons. The van der Waals surface area contributed by atoms with Crippen molar-refractivity contribution in [2.45, 2.75) is 39.5 Å². The number of nitrogens with zero attached hydrogens (tertiary/aromatic N) is 2. The van der Waals surface area contributed by atoms with Gasteiger partial charge in [0.15, 0.2) is 0 Å². The summed E-state index contributed by atoms with van der Waals surface area (Å²) >= 11 is 0. The molecule has 0 unspecified atom stereocenters. The molecule has 5 nitrogen and oxygen atoms in total. The molecule has 1 N–H and O–H groups in total. The summed E-state index contributed by atoms with van der Waals surface area (Å²) < 4.78 is 0. The Morgan fingerprint density at radius 2 is 1.62 bits per heavy atom. The third-order valence-corrected chi connectivity index (χ3v) is 4.63. The molecular formula is C16H29N3O2. The fraction of sp³-hybridized carbons (Fsp3) is 0.875. The SMILES string of the molecule is CCCN(CCC)C(=O)CCC(=O)N1C[C@H]2CNC[C@H]2C1. The molecular weight excluding hydrogens is 266 g/mol. The van der Waals surface area contributed by atoms with E-state index in [1.807, 2.05) is 9.80 Å². The number of likely N-dealkylation sites (tertiary alicyclic amines) is 1. The first kappa shape index (κ1) is 16.3. The van der Waals surface area contributed by atoms with E-state index in [-0.39, 0.29) is 11.8 Å². The first-order chi connectivity index (χ1) is 10.2. The van der Waals surface area contributed by atoms with E-state index in [0.717, 1.165) is 52.1 Å². The molecule has 2 aliphatic rings. The molecule has 2 amide bonds. The van der Waals surface area contributed by atoms with Crippen LogP contribution in [0.2, 0.25) is 0 Å². The number of carbonyl (C=O) groups is 2. The van der Waals surface area contributed by atoms with E-state index in [1.54, 1.807) is 0 Å². The van der Waals surface area contributed by atoms with Crippen molar-refractivity contribution in [3.8, 4) is 0 Å². The molecule has 0 aromatic rings. The van der Waals surface area contributed by atoms with Gasteiger partial charge in [0.25, 0.3) is 0 Å². The average molecular weight is 295 g/mol. The van der Waals surface area contributed by atoms with E-state index in [1.165, 1.54) is 0 Å². The van der Waals surface area contributed by atoms with E-state index in [2.05, 4.69) is 19.2 Å². The molecule has 0 aromatic carbocycles. The summed E-state index contributed by atoms with van der Waals surface area (Å²) in [7, 11) is 0. The molecule has 0 aromatic heterocycles. The highest BCUT2D eigenvalue weighted by Gasteiger charge is 2.37. The van der Waals surface area contributed by atoms with Gasteiger partial charge in [0, 0.05) is 52.1 Å². The maximum absolute atomic E-state index is 12.3. The molecule has 2 fully saturated rings. The van der Waals surface area contributed by atoms with Gasteiger partial charge in [-0.25, -0.2) is 0 Å². The molecule has 2 atom stereocenters. The van der Waals surface area contributed by atoms with E-state index in [0.29, 0.717) is 24.7 Å². The minimum atomic E-state index is 0.133. The normalized spacial score (nSPS) is 24.2. The van der Waals surface area contributed by atoms with Gasteiger partial charge in [-0.2, -0.15) is 0 Å². The van der Waals surface area contributed by atoms with Gasteiger partial charge in [0.2, 0.25) is 11.8 Å². The Bertz CT molecular complexity index is 355. The molecule has 2 saturated heterocycles. The highest BCUT2D eigenvalue weighted by Crippen LogP contribution is 2.26. The standard InChI is InChI=1S/C16H29N3O2/c1-3-7-18(8-4-2)15(20)5-6-16(21)19-11-13-9-17-10-14(13)12-19/h13-14,17H,3-12H2,1-2H3/t13-,14+. The number of carbonyl (C=O) groups excluding carboxylic acids is 2. The van der Waals surface area contributed by atoms with Crippen molar-refractivity contribution in [2.75, 3.05) is 39.3 Å². The van der Waals surface area contributed by atoms with Crippen molar-refractivity contribution in [1.82, 2.24) is 15.1 Å². The number of amides is 2. The number of rotatable bonds is 7. The van der Waals surface area contributed by atoms with Crippen molar-refractivity contribution in [3.05, 3.63) is 0 Å². The minimum Gasteiger partial charge on any atom is -0.343 e. The van der Waals surface area contributed by atoms with Crippen molar-refractivity contribution < 1.29 is 9.59 Å². The fourth-order valence-electron chi connectivity index (χ4n) is 3.49. The van der Waals surface area contributed by atoms with Crippen LogP contribution in [0.5, 0.6) is 0 Å². The van der Waals surface area contributed by atoms with Gasteiger partial charge in [-0.15, -0.1) is 0 Å². The lowest BCUT2D eigenvalue weighted by Crippen LogP contribution is -2.35. The smallest absolute Gasteiger partial charge is 0.223 e. The van der Waals surface area contributed by atoms with Gasteiger partial charge in [-0.05, 0) is 24.7 Å². The predicted molar refractivity (Wildman–Crippen MR) is 82.8 cm³/mol. The van der Waals surface area contributed by atoms with Crippen LogP contribution in [-0.4, -0.2) is 60.9 Å². The minimum absolute atomic E-state index is 0.133. The summed E-state index contributed by atoms with van der Waals surface area (Å²) in [6, 6.07) is 0. The first-order valence-corrected chi connectivity index (χ1v) is 8.42. The Kier molecular flexibility index (Phi) is 6.03. The van der Waals surface area contributed by atoms with Crippen molar-refractivity contribution in [1.29, 1.82) is 0 Å². The predicted octanol–water partition coefficient (Wildman–Crippen LogP) is 1.09. The van der Waals surface area contributed by atoms with Crippen LogP contribution in [0.4, 0.5) is 0 Å². The molecule has 120 valence electrons. The number of fused-ring (bicyclic) bond motifs is 1. The lowest BCUT2D eigenvalue weighted by Gasteiger charge is -2.22. The lowest BCUT2D eigenvalue weighted by molar-refractivity contribution is -0.136. The topological polar surface area (TPSA) is 52.7 Å². The number of hydrogen-bond acceptors (Lipinski definition) is 3. The molecule has 0 bridgehead atoms. The first-order valence-electron chi connectivity index (χ1n) is 8.42. The average Bonchev–Trinajstić information content (AvgIpc) is 3.05. The zero-order valence-corrected chi connectivity index (χ0v) is 13.4. The summed E-state index contributed by atoms with van der Waals surface area (Å²) in [6.07, 6.45) is 2.68. The Balaban J connectivity index is 1.74. The zero-order chi connectivity index (χ0) is 15.2.